The predicted octanol–water partition coefficient (Wildman–Crippen LogP) is 9.42. The van der Waals surface area contributed by atoms with Gasteiger partial charge in [-0.3, -0.25) is 4.98 Å². The van der Waals surface area contributed by atoms with Crippen molar-refractivity contribution in [1.29, 1.82) is 0 Å². The van der Waals surface area contributed by atoms with Crippen LogP contribution in [0.4, 0.5) is 0 Å². The van der Waals surface area contributed by atoms with Crippen LogP contribution in [0, 0.1) is 11.8 Å². The summed E-state index contributed by atoms with van der Waals surface area (Å²) in [6.07, 6.45) is 22.6. The molecule has 0 N–H and O–H groups in total. The van der Waals surface area contributed by atoms with Gasteiger partial charge in [0.1, 0.15) is 5.75 Å². The number of benzene rings is 1. The van der Waals surface area contributed by atoms with Crippen LogP contribution in [0.15, 0.2) is 42.6 Å². The second-order valence-corrected chi connectivity index (χ2v) is 10.3. The van der Waals surface area contributed by atoms with Crippen molar-refractivity contribution in [3.63, 3.8) is 0 Å². The van der Waals surface area contributed by atoms with Gasteiger partial charge >= 0.3 is 0 Å². The van der Waals surface area contributed by atoms with Gasteiger partial charge in [0, 0.05) is 5.56 Å². The minimum absolute atomic E-state index is 0.771. The molecule has 1 fully saturated rings. The van der Waals surface area contributed by atoms with Crippen LogP contribution in [-0.4, -0.2) is 11.6 Å². The summed E-state index contributed by atoms with van der Waals surface area (Å²) in [5.41, 5.74) is 3.68. The third-order valence-electron chi connectivity index (χ3n) is 7.53. The Bertz CT molecular complexity index is 743. The molecule has 2 aromatic rings. The van der Waals surface area contributed by atoms with E-state index >= 15 is 0 Å². The maximum absolute atomic E-state index is 5.73. The van der Waals surface area contributed by atoms with Crippen molar-refractivity contribution in [2.24, 2.45) is 11.8 Å². The van der Waals surface area contributed by atoms with Crippen molar-refractivity contribution in [2.45, 2.75) is 110 Å². The molecule has 1 aliphatic rings. The Labute approximate surface area is 203 Å². The van der Waals surface area contributed by atoms with E-state index in [0.717, 1.165) is 42.7 Å². The molecular weight excluding hydrogens is 402 g/mol. The zero-order chi connectivity index (χ0) is 23.1. The summed E-state index contributed by atoms with van der Waals surface area (Å²) < 4.78 is 5.73. The first-order valence-corrected chi connectivity index (χ1v) is 14.0. The van der Waals surface area contributed by atoms with E-state index in [1.54, 1.807) is 0 Å². The minimum atomic E-state index is 0.771. The molecule has 3 rings (SSSR count). The maximum Gasteiger partial charge on any atom is 0.137 e. The summed E-state index contributed by atoms with van der Waals surface area (Å²) >= 11 is 0. The van der Waals surface area contributed by atoms with Crippen LogP contribution in [0.25, 0.3) is 11.3 Å². The summed E-state index contributed by atoms with van der Waals surface area (Å²) in [7, 11) is 0. The second kappa shape index (κ2) is 15.1. The highest BCUT2D eigenvalue weighted by Gasteiger charge is 2.20. The predicted molar refractivity (Wildman–Crippen MR) is 142 cm³/mol. The van der Waals surface area contributed by atoms with E-state index in [4.69, 9.17) is 4.74 Å². The zero-order valence-corrected chi connectivity index (χ0v) is 21.4. The fourth-order valence-electron chi connectivity index (χ4n) is 5.21. The van der Waals surface area contributed by atoms with Gasteiger partial charge in [0.15, 0.2) is 0 Å². The standard InChI is InChI=1S/C31H47NO/c1-3-5-7-8-9-10-11-26-12-14-27(15-13-26)16-17-28-18-20-29(21-19-28)31-23-22-30(25-32-31)33-24-6-4-2/h18-23,25-27H,3-17,24H2,1-2H3. The van der Waals surface area contributed by atoms with Gasteiger partial charge in [-0.25, -0.2) is 0 Å². The van der Waals surface area contributed by atoms with Crippen LogP contribution >= 0.6 is 0 Å². The highest BCUT2D eigenvalue weighted by molar-refractivity contribution is 5.59. The number of unbranched alkanes of at least 4 members (excludes halogenated alkanes) is 6. The lowest BCUT2D eigenvalue weighted by Crippen LogP contribution is -2.15. The normalized spacial score (nSPS) is 18.4. The number of nitrogens with zero attached hydrogens (tertiary/aromatic N) is 1. The first-order chi connectivity index (χ1) is 16.3. The van der Waals surface area contributed by atoms with E-state index in [1.807, 2.05) is 12.3 Å². The Morgan fingerprint density at radius 2 is 1.39 bits per heavy atom. The molecule has 0 amide bonds. The van der Waals surface area contributed by atoms with Gasteiger partial charge in [-0.15, -0.1) is 0 Å². The molecule has 182 valence electrons. The van der Waals surface area contributed by atoms with Crippen molar-refractivity contribution in [3.05, 3.63) is 48.2 Å². The molecule has 1 aromatic heterocycles. The van der Waals surface area contributed by atoms with E-state index in [0.29, 0.717) is 0 Å². The maximum atomic E-state index is 5.73. The van der Waals surface area contributed by atoms with Gasteiger partial charge in [-0.05, 0) is 48.8 Å². The third-order valence-corrected chi connectivity index (χ3v) is 7.53. The second-order valence-electron chi connectivity index (χ2n) is 10.3. The zero-order valence-electron chi connectivity index (χ0n) is 21.4. The van der Waals surface area contributed by atoms with E-state index in [9.17, 15) is 0 Å². The van der Waals surface area contributed by atoms with Gasteiger partial charge in [0.2, 0.25) is 0 Å². The number of pyridine rings is 1. The Kier molecular flexibility index (Phi) is 11.8. The Morgan fingerprint density at radius 3 is 2.06 bits per heavy atom. The average molecular weight is 450 g/mol. The summed E-state index contributed by atoms with van der Waals surface area (Å²) in [6, 6.07) is 13.2. The minimum Gasteiger partial charge on any atom is -0.492 e. The molecule has 33 heavy (non-hydrogen) atoms. The topological polar surface area (TPSA) is 22.1 Å². The summed E-state index contributed by atoms with van der Waals surface area (Å²) in [5, 5.41) is 0. The largest absolute Gasteiger partial charge is 0.492 e. The molecule has 0 bridgehead atoms. The molecule has 0 atom stereocenters. The van der Waals surface area contributed by atoms with E-state index < -0.39 is 0 Å². The van der Waals surface area contributed by atoms with Crippen LogP contribution in [0.5, 0.6) is 5.75 Å². The van der Waals surface area contributed by atoms with E-state index in [1.165, 1.54) is 94.6 Å². The number of aromatic nitrogens is 1. The van der Waals surface area contributed by atoms with Crippen molar-refractivity contribution in [1.82, 2.24) is 4.98 Å². The quantitative estimate of drug-likeness (QED) is 0.253. The molecule has 0 saturated heterocycles. The van der Waals surface area contributed by atoms with Gasteiger partial charge in [-0.1, -0.05) is 115 Å². The Hall–Kier alpha value is -1.83. The van der Waals surface area contributed by atoms with Crippen LogP contribution < -0.4 is 4.74 Å². The van der Waals surface area contributed by atoms with Crippen LogP contribution in [0.3, 0.4) is 0 Å². The SMILES string of the molecule is CCCCCCCCC1CCC(CCc2ccc(-c3ccc(OCCCC)cn3)cc2)CC1. The lowest BCUT2D eigenvalue weighted by molar-refractivity contribution is 0.248. The highest BCUT2D eigenvalue weighted by atomic mass is 16.5. The monoisotopic (exact) mass is 449 g/mol. The molecule has 2 heteroatoms. The first kappa shape index (κ1) is 25.8. The van der Waals surface area contributed by atoms with Crippen LogP contribution in [-0.2, 0) is 6.42 Å². The Morgan fingerprint density at radius 1 is 0.727 bits per heavy atom. The molecule has 2 nitrogen and oxygen atoms in total. The van der Waals surface area contributed by atoms with Gasteiger partial charge < -0.3 is 4.74 Å². The van der Waals surface area contributed by atoms with E-state index in [-0.39, 0.29) is 0 Å². The molecule has 1 aliphatic carbocycles. The summed E-state index contributed by atoms with van der Waals surface area (Å²) in [4.78, 5) is 4.60. The molecule has 1 heterocycles. The van der Waals surface area contributed by atoms with Crippen molar-refractivity contribution in [2.75, 3.05) is 6.61 Å². The number of aryl methyl sites for hydroxylation is 1. The number of hydrogen-bond acceptors (Lipinski definition) is 2. The van der Waals surface area contributed by atoms with Crippen LogP contribution in [0.1, 0.15) is 109 Å². The fourth-order valence-corrected chi connectivity index (χ4v) is 5.21. The number of ether oxygens (including phenoxy) is 1. The molecule has 0 aliphatic heterocycles. The van der Waals surface area contributed by atoms with Crippen LogP contribution in [0.2, 0.25) is 0 Å². The van der Waals surface area contributed by atoms with Crippen molar-refractivity contribution in [3.8, 4) is 17.0 Å². The summed E-state index contributed by atoms with van der Waals surface area (Å²) in [5.74, 6) is 2.82. The van der Waals surface area contributed by atoms with Crippen molar-refractivity contribution < 1.29 is 4.74 Å². The van der Waals surface area contributed by atoms with Gasteiger partial charge in [0.05, 0.1) is 18.5 Å². The van der Waals surface area contributed by atoms with E-state index in [2.05, 4.69) is 49.2 Å². The molecule has 1 aromatic carbocycles. The summed E-state index contributed by atoms with van der Waals surface area (Å²) in [6.45, 7) is 5.25. The molecule has 1 saturated carbocycles. The number of rotatable bonds is 15. The van der Waals surface area contributed by atoms with Gasteiger partial charge in [-0.2, -0.15) is 0 Å². The fraction of sp³-hybridized carbons (Fsp3) is 0.645. The third kappa shape index (κ3) is 9.51. The lowest BCUT2D eigenvalue weighted by atomic mass is 9.77. The average Bonchev–Trinajstić information content (AvgIpc) is 2.86. The molecule has 0 unspecified atom stereocenters. The first-order valence-electron chi connectivity index (χ1n) is 14.0. The lowest BCUT2D eigenvalue weighted by Gasteiger charge is -2.28. The number of hydrogen-bond donors (Lipinski definition) is 0. The smallest absolute Gasteiger partial charge is 0.137 e. The molecule has 0 radical (unpaired) electrons. The molecular formula is C31H47NO. The molecule has 0 spiro atoms. The Balaban J connectivity index is 1.33. The van der Waals surface area contributed by atoms with Gasteiger partial charge in [0.25, 0.3) is 0 Å². The highest BCUT2D eigenvalue weighted by Crippen LogP contribution is 2.34. The van der Waals surface area contributed by atoms with Crippen molar-refractivity contribution >= 4 is 0 Å².